The fraction of sp³-hybridized carbons (Fsp3) is 0.478. The lowest BCUT2D eigenvalue weighted by atomic mass is 9.85. The standard InChI is InChI=1S/C23H31NO3/c1-23(2,3)22-15-27-14-16-9-7-8-10-18(16)19-12-21(26-6)20(25-5)11-17(19)13-24(22)4/h7-12,22H,13-15H2,1-6H3. The van der Waals surface area contributed by atoms with E-state index in [1.165, 1.54) is 22.3 Å². The van der Waals surface area contributed by atoms with Crippen LogP contribution in [0.4, 0.5) is 0 Å². The molecular formula is C23H31NO3. The molecule has 0 saturated carbocycles. The molecule has 0 aromatic heterocycles. The topological polar surface area (TPSA) is 30.9 Å². The lowest BCUT2D eigenvalue weighted by Crippen LogP contribution is -2.44. The normalized spacial score (nSPS) is 18.4. The highest BCUT2D eigenvalue weighted by molar-refractivity contribution is 5.74. The molecule has 0 amide bonds. The Bertz CT molecular complexity index is 795. The van der Waals surface area contributed by atoms with E-state index in [2.05, 4.69) is 69.1 Å². The summed E-state index contributed by atoms with van der Waals surface area (Å²) < 4.78 is 17.3. The second kappa shape index (κ2) is 7.91. The number of methoxy groups -OCH3 is 2. The molecule has 146 valence electrons. The van der Waals surface area contributed by atoms with Crippen LogP contribution in [0.15, 0.2) is 36.4 Å². The number of hydrogen-bond donors (Lipinski definition) is 0. The minimum atomic E-state index is 0.115. The van der Waals surface area contributed by atoms with Gasteiger partial charge in [0.15, 0.2) is 11.5 Å². The molecule has 0 saturated heterocycles. The van der Waals surface area contributed by atoms with Crippen LogP contribution < -0.4 is 9.47 Å². The molecule has 4 heteroatoms. The molecule has 1 unspecified atom stereocenters. The van der Waals surface area contributed by atoms with Gasteiger partial charge in [-0.3, -0.25) is 4.90 Å². The van der Waals surface area contributed by atoms with Gasteiger partial charge in [-0.05, 0) is 46.8 Å². The molecule has 2 aromatic carbocycles. The molecule has 1 aliphatic heterocycles. The highest BCUT2D eigenvalue weighted by atomic mass is 16.5. The van der Waals surface area contributed by atoms with Gasteiger partial charge in [0, 0.05) is 12.6 Å². The number of likely N-dealkylation sites (N-methyl/N-ethyl adjacent to an activating group) is 1. The zero-order valence-corrected chi connectivity index (χ0v) is 17.3. The van der Waals surface area contributed by atoms with Crippen LogP contribution >= 0.6 is 0 Å². The van der Waals surface area contributed by atoms with Gasteiger partial charge in [0.05, 0.1) is 27.4 Å². The van der Waals surface area contributed by atoms with Gasteiger partial charge in [-0.1, -0.05) is 45.0 Å². The Balaban J connectivity index is 2.17. The summed E-state index contributed by atoms with van der Waals surface area (Å²) in [5.74, 6) is 1.52. The second-order valence-electron chi connectivity index (χ2n) is 8.33. The van der Waals surface area contributed by atoms with Crippen molar-refractivity contribution in [2.75, 3.05) is 27.9 Å². The zero-order valence-electron chi connectivity index (χ0n) is 17.3. The van der Waals surface area contributed by atoms with Crippen molar-refractivity contribution in [1.82, 2.24) is 4.90 Å². The minimum Gasteiger partial charge on any atom is -0.493 e. The van der Waals surface area contributed by atoms with E-state index in [0.717, 1.165) is 18.0 Å². The van der Waals surface area contributed by atoms with E-state index in [4.69, 9.17) is 14.2 Å². The average Bonchev–Trinajstić information content (AvgIpc) is 2.63. The number of nitrogens with zero attached hydrogens (tertiary/aromatic N) is 1. The van der Waals surface area contributed by atoms with Gasteiger partial charge in [0.25, 0.3) is 0 Å². The summed E-state index contributed by atoms with van der Waals surface area (Å²) in [6.45, 7) is 8.93. The van der Waals surface area contributed by atoms with Gasteiger partial charge in [0.1, 0.15) is 0 Å². The zero-order chi connectivity index (χ0) is 19.6. The SMILES string of the molecule is COc1cc2c(cc1OC)-c1ccccc1COCC(C(C)(C)C)N(C)C2. The van der Waals surface area contributed by atoms with Crippen molar-refractivity contribution >= 4 is 0 Å². The summed E-state index contributed by atoms with van der Waals surface area (Å²) in [7, 11) is 5.54. The van der Waals surface area contributed by atoms with Crippen LogP contribution in [-0.4, -0.2) is 38.8 Å². The third-order valence-corrected chi connectivity index (χ3v) is 5.40. The molecule has 1 atom stereocenters. The lowest BCUT2D eigenvalue weighted by molar-refractivity contribution is 0.0102. The maximum Gasteiger partial charge on any atom is 0.161 e. The van der Waals surface area contributed by atoms with Crippen molar-refractivity contribution in [3.05, 3.63) is 47.5 Å². The predicted octanol–water partition coefficient (Wildman–Crippen LogP) is 4.75. The first-order valence-electron chi connectivity index (χ1n) is 9.46. The van der Waals surface area contributed by atoms with E-state index in [1.54, 1.807) is 14.2 Å². The van der Waals surface area contributed by atoms with E-state index in [1.807, 2.05) is 0 Å². The lowest BCUT2D eigenvalue weighted by Gasteiger charge is -2.39. The molecule has 2 aromatic rings. The largest absolute Gasteiger partial charge is 0.493 e. The third-order valence-electron chi connectivity index (χ3n) is 5.40. The van der Waals surface area contributed by atoms with Crippen LogP contribution in [0.1, 0.15) is 31.9 Å². The Morgan fingerprint density at radius 3 is 2.30 bits per heavy atom. The highest BCUT2D eigenvalue weighted by Gasteiger charge is 2.30. The Morgan fingerprint density at radius 2 is 1.63 bits per heavy atom. The fourth-order valence-corrected chi connectivity index (χ4v) is 3.91. The quantitative estimate of drug-likeness (QED) is 0.764. The van der Waals surface area contributed by atoms with Crippen LogP contribution in [0.3, 0.4) is 0 Å². The Labute approximate surface area is 163 Å². The summed E-state index contributed by atoms with van der Waals surface area (Å²) in [5.41, 5.74) is 4.91. The summed E-state index contributed by atoms with van der Waals surface area (Å²) >= 11 is 0. The molecule has 1 heterocycles. The number of rotatable bonds is 2. The fourth-order valence-electron chi connectivity index (χ4n) is 3.91. The maximum absolute atomic E-state index is 6.16. The van der Waals surface area contributed by atoms with Gasteiger partial charge >= 0.3 is 0 Å². The second-order valence-corrected chi connectivity index (χ2v) is 8.33. The van der Waals surface area contributed by atoms with Crippen LogP contribution in [0, 0.1) is 5.41 Å². The van der Waals surface area contributed by atoms with Gasteiger partial charge < -0.3 is 14.2 Å². The molecule has 0 N–H and O–H groups in total. The number of hydrogen-bond acceptors (Lipinski definition) is 4. The van der Waals surface area contributed by atoms with Gasteiger partial charge in [-0.2, -0.15) is 0 Å². The first-order chi connectivity index (χ1) is 12.8. The summed E-state index contributed by atoms with van der Waals surface area (Å²) in [6, 6.07) is 13.0. The van der Waals surface area contributed by atoms with Crippen LogP contribution in [0.5, 0.6) is 11.5 Å². The summed E-state index contributed by atoms with van der Waals surface area (Å²) in [5, 5.41) is 0. The average molecular weight is 370 g/mol. The van der Waals surface area contributed by atoms with E-state index in [9.17, 15) is 0 Å². The van der Waals surface area contributed by atoms with E-state index < -0.39 is 0 Å². The number of fused-ring (bicyclic) bond motifs is 3. The first-order valence-corrected chi connectivity index (χ1v) is 9.46. The molecule has 0 aliphatic carbocycles. The molecule has 4 nitrogen and oxygen atoms in total. The Kier molecular flexibility index (Phi) is 5.78. The molecule has 0 bridgehead atoms. The van der Waals surface area contributed by atoms with Gasteiger partial charge in [-0.15, -0.1) is 0 Å². The summed E-state index contributed by atoms with van der Waals surface area (Å²) in [4.78, 5) is 2.39. The monoisotopic (exact) mass is 369 g/mol. The number of ether oxygens (including phenoxy) is 3. The molecule has 0 fully saturated rings. The minimum absolute atomic E-state index is 0.115. The van der Waals surface area contributed by atoms with E-state index >= 15 is 0 Å². The van der Waals surface area contributed by atoms with Crippen molar-refractivity contribution in [3.63, 3.8) is 0 Å². The highest BCUT2D eigenvalue weighted by Crippen LogP contribution is 2.39. The maximum atomic E-state index is 6.16. The molecule has 0 radical (unpaired) electrons. The molecule has 3 rings (SSSR count). The smallest absolute Gasteiger partial charge is 0.161 e. The number of benzene rings is 2. The Morgan fingerprint density at radius 1 is 0.963 bits per heavy atom. The van der Waals surface area contributed by atoms with Crippen molar-refractivity contribution in [1.29, 1.82) is 0 Å². The van der Waals surface area contributed by atoms with E-state index in [-0.39, 0.29) is 5.41 Å². The summed E-state index contributed by atoms with van der Waals surface area (Å²) in [6.07, 6.45) is 0. The van der Waals surface area contributed by atoms with Crippen LogP contribution in [0.2, 0.25) is 0 Å². The molecule has 0 spiro atoms. The van der Waals surface area contributed by atoms with E-state index in [0.29, 0.717) is 19.3 Å². The third kappa shape index (κ3) is 4.12. The predicted molar refractivity (Wildman–Crippen MR) is 109 cm³/mol. The van der Waals surface area contributed by atoms with Crippen molar-refractivity contribution in [3.8, 4) is 22.6 Å². The Hall–Kier alpha value is -2.04. The molecular weight excluding hydrogens is 338 g/mol. The van der Waals surface area contributed by atoms with Crippen LogP contribution in [-0.2, 0) is 17.9 Å². The van der Waals surface area contributed by atoms with Crippen LogP contribution in [0.25, 0.3) is 11.1 Å². The van der Waals surface area contributed by atoms with Crippen molar-refractivity contribution in [2.45, 2.75) is 40.0 Å². The molecule has 27 heavy (non-hydrogen) atoms. The van der Waals surface area contributed by atoms with Gasteiger partial charge in [0.2, 0.25) is 0 Å². The van der Waals surface area contributed by atoms with Gasteiger partial charge in [-0.25, -0.2) is 0 Å². The van der Waals surface area contributed by atoms with Crippen molar-refractivity contribution in [2.24, 2.45) is 5.41 Å². The van der Waals surface area contributed by atoms with Crippen molar-refractivity contribution < 1.29 is 14.2 Å². The molecule has 1 aliphatic rings. The first kappa shape index (κ1) is 19.7.